The highest BCUT2D eigenvalue weighted by atomic mass is 127. The van der Waals surface area contributed by atoms with Crippen molar-refractivity contribution >= 4 is 51.6 Å². The van der Waals surface area contributed by atoms with Crippen LogP contribution < -0.4 is 14.8 Å². The van der Waals surface area contributed by atoms with E-state index in [1.807, 2.05) is 28.7 Å². The van der Waals surface area contributed by atoms with E-state index in [1.54, 1.807) is 13.0 Å². The number of nitro groups is 2. The normalized spacial score (nSPS) is 10.8. The van der Waals surface area contributed by atoms with Crippen LogP contribution in [0.4, 0.5) is 17.1 Å². The number of non-ortho nitro benzene ring substituents is 1. The van der Waals surface area contributed by atoms with E-state index >= 15 is 0 Å². The number of hydrogen-bond acceptors (Lipinski definition) is 9. The maximum Gasteiger partial charge on any atom is 0.318 e. The average molecular weight is 616 g/mol. The minimum atomic E-state index is -0.793. The summed E-state index contributed by atoms with van der Waals surface area (Å²) in [7, 11) is 0. The lowest BCUT2D eigenvalue weighted by atomic mass is 10.1. The molecule has 3 rings (SSSR count). The summed E-state index contributed by atoms with van der Waals surface area (Å²) in [6, 6.07) is 13.6. The van der Waals surface area contributed by atoms with Crippen LogP contribution in [-0.2, 0) is 4.79 Å². The molecule has 3 aromatic rings. The Labute approximate surface area is 223 Å². The van der Waals surface area contributed by atoms with E-state index in [4.69, 9.17) is 9.47 Å². The first kappa shape index (κ1) is 26.9. The molecule has 0 unspecified atom stereocenters. The SMILES string of the molecule is CCOc1cc(/C=C(\C#N)C(=O)Nc2ccc(O)cc2)cc(I)c1Oc1ccc([N+](=O)[O-])cc1[N+](=O)[O-]. The van der Waals surface area contributed by atoms with Crippen molar-refractivity contribution in [3.8, 4) is 29.1 Å². The zero-order valence-electron chi connectivity index (χ0n) is 19.0. The summed E-state index contributed by atoms with van der Waals surface area (Å²) in [6.45, 7) is 1.91. The van der Waals surface area contributed by atoms with Gasteiger partial charge in [0.2, 0.25) is 5.75 Å². The first-order chi connectivity index (χ1) is 17.6. The minimum absolute atomic E-state index is 0.0217. The molecule has 1 amide bonds. The highest BCUT2D eigenvalue weighted by molar-refractivity contribution is 14.1. The number of hydrogen-bond donors (Lipinski definition) is 2. The number of phenols is 1. The Bertz CT molecular complexity index is 1450. The van der Waals surface area contributed by atoms with Gasteiger partial charge < -0.3 is 19.9 Å². The van der Waals surface area contributed by atoms with Gasteiger partial charge in [-0.3, -0.25) is 25.0 Å². The molecule has 0 radical (unpaired) electrons. The predicted molar refractivity (Wildman–Crippen MR) is 140 cm³/mol. The molecule has 0 saturated heterocycles. The maximum atomic E-state index is 12.6. The van der Waals surface area contributed by atoms with Crippen LogP contribution in [0.25, 0.3) is 6.08 Å². The van der Waals surface area contributed by atoms with Crippen molar-refractivity contribution in [1.29, 1.82) is 5.26 Å². The fraction of sp³-hybridized carbons (Fsp3) is 0.0833. The van der Waals surface area contributed by atoms with Crippen LogP contribution in [0, 0.1) is 35.1 Å². The molecule has 0 aliphatic heterocycles. The summed E-state index contributed by atoms with van der Waals surface area (Å²) in [5, 5.41) is 43.9. The molecule has 0 heterocycles. The first-order valence-electron chi connectivity index (χ1n) is 10.4. The van der Waals surface area contributed by atoms with Crippen LogP contribution in [0.5, 0.6) is 23.0 Å². The smallest absolute Gasteiger partial charge is 0.318 e. The van der Waals surface area contributed by atoms with Gasteiger partial charge in [-0.15, -0.1) is 0 Å². The highest BCUT2D eigenvalue weighted by Crippen LogP contribution is 2.41. The van der Waals surface area contributed by atoms with Crippen molar-refractivity contribution in [1.82, 2.24) is 0 Å². The van der Waals surface area contributed by atoms with Gasteiger partial charge in [-0.25, -0.2) is 0 Å². The summed E-state index contributed by atoms with van der Waals surface area (Å²) in [5.74, 6) is -0.603. The Morgan fingerprint density at radius 3 is 2.41 bits per heavy atom. The third-order valence-corrected chi connectivity index (χ3v) is 5.50. The third-order valence-electron chi connectivity index (χ3n) is 4.70. The number of aromatic hydroxyl groups is 1. The molecule has 0 saturated carbocycles. The van der Waals surface area contributed by atoms with Gasteiger partial charge in [0.05, 0.1) is 26.1 Å². The molecule has 0 aromatic heterocycles. The molecule has 3 aromatic carbocycles. The van der Waals surface area contributed by atoms with Gasteiger partial charge >= 0.3 is 5.69 Å². The van der Waals surface area contributed by atoms with E-state index in [0.29, 0.717) is 14.8 Å². The Morgan fingerprint density at radius 1 is 1.11 bits per heavy atom. The van der Waals surface area contributed by atoms with Crippen LogP contribution in [0.2, 0.25) is 0 Å². The maximum absolute atomic E-state index is 12.6. The molecule has 0 aliphatic carbocycles. The molecule has 0 aliphatic rings. The molecule has 0 atom stereocenters. The van der Waals surface area contributed by atoms with Gasteiger partial charge in [0.15, 0.2) is 11.5 Å². The van der Waals surface area contributed by atoms with Gasteiger partial charge in [0.25, 0.3) is 11.6 Å². The standard InChI is InChI=1S/C24H17IN4O8/c1-2-36-22-11-14(9-15(13-26)24(31)27-16-3-6-18(30)7-4-16)10-19(25)23(22)37-21-8-5-17(28(32)33)12-20(21)29(34)35/h3-12,30H,2H2,1H3,(H,27,31)/b15-9+. The number of amides is 1. The predicted octanol–water partition coefficient (Wildman–Crippen LogP) is 5.55. The van der Waals surface area contributed by atoms with Crippen molar-refractivity contribution < 1.29 is 29.2 Å². The summed E-state index contributed by atoms with van der Waals surface area (Å²) in [5.41, 5.74) is -0.494. The second kappa shape index (κ2) is 11.8. The summed E-state index contributed by atoms with van der Waals surface area (Å²) >= 11 is 1.90. The van der Waals surface area contributed by atoms with E-state index in [0.717, 1.165) is 18.2 Å². The number of phenolic OH excluding ortho intramolecular Hbond substituents is 1. The Balaban J connectivity index is 1.97. The second-order valence-corrected chi connectivity index (χ2v) is 8.36. The molecule has 37 heavy (non-hydrogen) atoms. The zero-order valence-corrected chi connectivity index (χ0v) is 21.2. The number of nitrogens with one attached hydrogen (secondary N) is 1. The Morgan fingerprint density at radius 2 is 1.81 bits per heavy atom. The lowest BCUT2D eigenvalue weighted by Gasteiger charge is -2.14. The van der Waals surface area contributed by atoms with Crippen LogP contribution in [0.3, 0.4) is 0 Å². The molecule has 0 spiro atoms. The number of rotatable bonds is 9. The second-order valence-electron chi connectivity index (χ2n) is 7.20. The minimum Gasteiger partial charge on any atom is -0.508 e. The number of carbonyl (C=O) groups is 1. The molecule has 0 bridgehead atoms. The van der Waals surface area contributed by atoms with Gasteiger partial charge in [0.1, 0.15) is 17.4 Å². The number of nitro benzene ring substituents is 2. The molecular weight excluding hydrogens is 599 g/mol. The fourth-order valence-corrected chi connectivity index (χ4v) is 3.79. The molecule has 2 N–H and O–H groups in total. The van der Waals surface area contributed by atoms with Crippen LogP contribution >= 0.6 is 22.6 Å². The topological polar surface area (TPSA) is 178 Å². The van der Waals surface area contributed by atoms with Gasteiger partial charge in [-0.2, -0.15) is 5.26 Å². The van der Waals surface area contributed by atoms with Gasteiger partial charge in [-0.1, -0.05) is 0 Å². The highest BCUT2D eigenvalue weighted by Gasteiger charge is 2.24. The molecule has 12 nitrogen and oxygen atoms in total. The van der Waals surface area contributed by atoms with Crippen molar-refractivity contribution in [3.05, 3.63) is 89.5 Å². The van der Waals surface area contributed by atoms with E-state index in [1.165, 1.54) is 36.4 Å². The van der Waals surface area contributed by atoms with Crippen molar-refractivity contribution in [2.24, 2.45) is 0 Å². The number of anilines is 1. The van der Waals surface area contributed by atoms with E-state index in [-0.39, 0.29) is 35.2 Å². The first-order valence-corrected chi connectivity index (χ1v) is 11.5. The summed E-state index contributed by atoms with van der Waals surface area (Å²) < 4.78 is 11.8. The van der Waals surface area contributed by atoms with Crippen LogP contribution in [0.15, 0.2) is 60.2 Å². The number of nitrogens with zero attached hydrogens (tertiary/aromatic N) is 3. The molecule has 188 valence electrons. The molecular formula is C24H17IN4O8. The lowest BCUT2D eigenvalue weighted by Crippen LogP contribution is -2.13. The van der Waals surface area contributed by atoms with Crippen molar-refractivity contribution in [2.45, 2.75) is 6.92 Å². The van der Waals surface area contributed by atoms with Crippen molar-refractivity contribution in [2.75, 3.05) is 11.9 Å². The quantitative estimate of drug-likeness (QED) is 0.0779. The fourth-order valence-electron chi connectivity index (χ4n) is 3.05. The van der Waals surface area contributed by atoms with E-state index in [9.17, 15) is 35.4 Å². The number of carbonyl (C=O) groups excluding carboxylic acids is 1. The summed E-state index contributed by atoms with van der Waals surface area (Å²) in [4.78, 5) is 33.5. The van der Waals surface area contributed by atoms with Crippen molar-refractivity contribution in [3.63, 3.8) is 0 Å². The van der Waals surface area contributed by atoms with Gasteiger partial charge in [-0.05, 0) is 83.6 Å². The molecule has 13 heteroatoms. The Kier molecular flexibility index (Phi) is 8.59. The number of nitriles is 1. The number of benzene rings is 3. The largest absolute Gasteiger partial charge is 0.508 e. The Hall–Kier alpha value is -4.71. The van der Waals surface area contributed by atoms with Gasteiger partial charge in [0, 0.05) is 11.8 Å². The zero-order chi connectivity index (χ0) is 27.1. The number of ether oxygens (including phenoxy) is 2. The van der Waals surface area contributed by atoms with Crippen LogP contribution in [-0.4, -0.2) is 27.5 Å². The third kappa shape index (κ3) is 6.70. The lowest BCUT2D eigenvalue weighted by molar-refractivity contribution is -0.394. The number of halogens is 1. The monoisotopic (exact) mass is 616 g/mol. The van der Waals surface area contributed by atoms with Crippen LogP contribution in [0.1, 0.15) is 12.5 Å². The van der Waals surface area contributed by atoms with E-state index in [2.05, 4.69) is 5.32 Å². The van der Waals surface area contributed by atoms with E-state index < -0.39 is 27.1 Å². The average Bonchev–Trinajstić information content (AvgIpc) is 2.86. The summed E-state index contributed by atoms with van der Waals surface area (Å²) in [6.07, 6.45) is 1.33. The molecule has 0 fully saturated rings.